The van der Waals surface area contributed by atoms with Crippen molar-refractivity contribution >= 4 is 15.7 Å². The summed E-state index contributed by atoms with van der Waals surface area (Å²) in [6, 6.07) is 3.50. The first-order chi connectivity index (χ1) is 8.96. The van der Waals surface area contributed by atoms with Crippen LogP contribution in [-0.2, 0) is 10.0 Å². The summed E-state index contributed by atoms with van der Waals surface area (Å²) in [5.41, 5.74) is 0.581. The largest absolute Gasteiger partial charge is 0.383 e. The van der Waals surface area contributed by atoms with Crippen molar-refractivity contribution in [1.82, 2.24) is 9.29 Å². The van der Waals surface area contributed by atoms with Crippen LogP contribution in [0.5, 0.6) is 0 Å². The van der Waals surface area contributed by atoms with E-state index in [1.54, 1.807) is 16.4 Å². The van der Waals surface area contributed by atoms with Gasteiger partial charge in [0.25, 0.3) is 10.0 Å². The van der Waals surface area contributed by atoms with E-state index in [0.717, 1.165) is 0 Å². The van der Waals surface area contributed by atoms with Gasteiger partial charge in [-0.15, -0.1) is 0 Å². The van der Waals surface area contributed by atoms with Crippen LogP contribution in [0.3, 0.4) is 0 Å². The number of hydrogen-bond acceptors (Lipinski definition) is 4. The first kappa shape index (κ1) is 14.3. The third-order valence-corrected chi connectivity index (χ3v) is 5.47. The molecule has 2 rings (SSSR count). The Hall–Kier alpha value is -1.14. The predicted molar refractivity (Wildman–Crippen MR) is 75.5 cm³/mol. The molecule has 0 radical (unpaired) electrons. The molecule has 1 N–H and O–H groups in total. The number of hydrogen-bond donors (Lipinski definition) is 1. The molecule has 1 aromatic rings. The van der Waals surface area contributed by atoms with E-state index in [1.165, 1.54) is 6.20 Å². The standard InChI is InChI=1S/C13H21N3O2S/c1-4-14-12-6-5-7-15-13(12)19(17,18)16-8-10(2)11(3)9-16/h5-7,10-11,14H,4,8-9H2,1-3H3. The van der Waals surface area contributed by atoms with Gasteiger partial charge in [-0.25, -0.2) is 13.4 Å². The van der Waals surface area contributed by atoms with E-state index >= 15 is 0 Å². The van der Waals surface area contributed by atoms with E-state index in [1.807, 2.05) is 6.92 Å². The van der Waals surface area contributed by atoms with Gasteiger partial charge in [0, 0.05) is 25.8 Å². The van der Waals surface area contributed by atoms with E-state index in [0.29, 0.717) is 37.2 Å². The van der Waals surface area contributed by atoms with Crippen molar-refractivity contribution in [1.29, 1.82) is 0 Å². The fraction of sp³-hybridized carbons (Fsp3) is 0.615. The maximum absolute atomic E-state index is 12.6. The Morgan fingerprint density at radius 2 is 2.00 bits per heavy atom. The molecule has 1 aliphatic heterocycles. The molecule has 1 aromatic heterocycles. The van der Waals surface area contributed by atoms with Crippen LogP contribution >= 0.6 is 0 Å². The van der Waals surface area contributed by atoms with Crippen LogP contribution in [0.2, 0.25) is 0 Å². The first-order valence-corrected chi connectivity index (χ1v) is 8.09. The minimum absolute atomic E-state index is 0.137. The van der Waals surface area contributed by atoms with Gasteiger partial charge in [-0.2, -0.15) is 4.31 Å². The maximum Gasteiger partial charge on any atom is 0.262 e. The third-order valence-electron chi connectivity index (χ3n) is 3.68. The molecule has 0 amide bonds. The van der Waals surface area contributed by atoms with Crippen molar-refractivity contribution in [2.24, 2.45) is 11.8 Å². The maximum atomic E-state index is 12.6. The highest BCUT2D eigenvalue weighted by molar-refractivity contribution is 7.89. The van der Waals surface area contributed by atoms with Gasteiger partial charge in [0.2, 0.25) is 0 Å². The Morgan fingerprint density at radius 3 is 2.58 bits per heavy atom. The Labute approximate surface area is 115 Å². The van der Waals surface area contributed by atoms with Crippen molar-refractivity contribution in [3.05, 3.63) is 18.3 Å². The number of nitrogens with zero attached hydrogens (tertiary/aromatic N) is 2. The van der Waals surface area contributed by atoms with Gasteiger partial charge in [-0.1, -0.05) is 13.8 Å². The Balaban J connectivity index is 2.35. The molecular formula is C13H21N3O2S. The fourth-order valence-corrected chi connectivity index (χ4v) is 4.04. The van der Waals surface area contributed by atoms with E-state index < -0.39 is 10.0 Å². The van der Waals surface area contributed by atoms with E-state index in [4.69, 9.17) is 0 Å². The second kappa shape index (κ2) is 5.46. The molecule has 2 unspecified atom stereocenters. The second-order valence-electron chi connectivity index (χ2n) is 5.16. The number of rotatable bonds is 4. The van der Waals surface area contributed by atoms with Crippen LogP contribution in [0.25, 0.3) is 0 Å². The topological polar surface area (TPSA) is 62.3 Å². The molecule has 0 saturated carbocycles. The van der Waals surface area contributed by atoms with Crippen LogP contribution < -0.4 is 5.32 Å². The van der Waals surface area contributed by atoms with E-state index in [9.17, 15) is 8.42 Å². The van der Waals surface area contributed by atoms with Crippen LogP contribution in [0.15, 0.2) is 23.4 Å². The van der Waals surface area contributed by atoms with Gasteiger partial charge >= 0.3 is 0 Å². The first-order valence-electron chi connectivity index (χ1n) is 6.65. The minimum atomic E-state index is -3.50. The monoisotopic (exact) mass is 283 g/mol. The summed E-state index contributed by atoms with van der Waals surface area (Å²) in [6.07, 6.45) is 1.52. The van der Waals surface area contributed by atoms with E-state index in [-0.39, 0.29) is 5.03 Å². The number of sulfonamides is 1. The molecule has 2 heterocycles. The van der Waals surface area contributed by atoms with Gasteiger partial charge in [-0.05, 0) is 30.9 Å². The third kappa shape index (κ3) is 2.74. The number of aromatic nitrogens is 1. The predicted octanol–water partition coefficient (Wildman–Crippen LogP) is 1.79. The second-order valence-corrected chi connectivity index (χ2v) is 7.02. The lowest BCUT2D eigenvalue weighted by atomic mass is 10.0. The molecule has 0 aliphatic carbocycles. The van der Waals surface area contributed by atoms with Gasteiger partial charge in [0.05, 0.1) is 5.69 Å². The van der Waals surface area contributed by atoms with Crippen molar-refractivity contribution in [3.63, 3.8) is 0 Å². The summed E-state index contributed by atoms with van der Waals surface area (Å²) < 4.78 is 26.8. The zero-order chi connectivity index (χ0) is 14.0. The van der Waals surface area contributed by atoms with Crippen molar-refractivity contribution in [2.45, 2.75) is 25.8 Å². The SMILES string of the molecule is CCNc1cccnc1S(=O)(=O)N1CC(C)C(C)C1. The summed E-state index contributed by atoms with van der Waals surface area (Å²) in [5, 5.41) is 3.20. The van der Waals surface area contributed by atoms with E-state index in [2.05, 4.69) is 24.1 Å². The van der Waals surface area contributed by atoms with Gasteiger partial charge in [-0.3, -0.25) is 0 Å². The number of pyridine rings is 1. The quantitative estimate of drug-likeness (QED) is 0.915. The van der Waals surface area contributed by atoms with Crippen molar-refractivity contribution in [2.75, 3.05) is 25.0 Å². The average Bonchev–Trinajstić information content (AvgIpc) is 2.71. The lowest BCUT2D eigenvalue weighted by molar-refractivity contribution is 0.461. The molecule has 6 heteroatoms. The highest BCUT2D eigenvalue weighted by Gasteiger charge is 2.36. The highest BCUT2D eigenvalue weighted by atomic mass is 32.2. The fourth-order valence-electron chi connectivity index (χ4n) is 2.32. The molecule has 2 atom stereocenters. The molecule has 1 saturated heterocycles. The van der Waals surface area contributed by atoms with Gasteiger partial charge in [0.1, 0.15) is 0 Å². The molecular weight excluding hydrogens is 262 g/mol. The number of anilines is 1. The summed E-state index contributed by atoms with van der Waals surface area (Å²) in [6.45, 7) is 7.93. The molecule has 0 aromatic carbocycles. The average molecular weight is 283 g/mol. The molecule has 0 bridgehead atoms. The summed E-state index contributed by atoms with van der Waals surface area (Å²) in [5.74, 6) is 0.780. The molecule has 5 nitrogen and oxygen atoms in total. The normalized spacial score (nSPS) is 24.6. The van der Waals surface area contributed by atoms with Gasteiger partial charge < -0.3 is 5.32 Å². The zero-order valence-corrected chi connectivity index (χ0v) is 12.4. The lowest BCUT2D eigenvalue weighted by Gasteiger charge is -2.17. The Bertz CT molecular complexity index is 535. The van der Waals surface area contributed by atoms with Crippen LogP contribution in [0, 0.1) is 11.8 Å². The number of nitrogens with one attached hydrogen (secondary N) is 1. The van der Waals surface area contributed by atoms with Crippen LogP contribution in [0.1, 0.15) is 20.8 Å². The smallest absolute Gasteiger partial charge is 0.262 e. The van der Waals surface area contributed by atoms with Crippen molar-refractivity contribution < 1.29 is 8.42 Å². The molecule has 1 fully saturated rings. The van der Waals surface area contributed by atoms with Crippen molar-refractivity contribution in [3.8, 4) is 0 Å². The Kier molecular flexibility index (Phi) is 4.10. The minimum Gasteiger partial charge on any atom is -0.383 e. The highest BCUT2D eigenvalue weighted by Crippen LogP contribution is 2.29. The summed E-state index contributed by atoms with van der Waals surface area (Å²) in [4.78, 5) is 4.07. The zero-order valence-electron chi connectivity index (χ0n) is 11.6. The molecule has 106 valence electrons. The lowest BCUT2D eigenvalue weighted by Crippen LogP contribution is -2.30. The van der Waals surface area contributed by atoms with Crippen LogP contribution in [0.4, 0.5) is 5.69 Å². The summed E-state index contributed by atoms with van der Waals surface area (Å²) in [7, 11) is -3.50. The molecule has 19 heavy (non-hydrogen) atoms. The summed E-state index contributed by atoms with van der Waals surface area (Å²) >= 11 is 0. The molecule has 1 aliphatic rings. The Morgan fingerprint density at radius 1 is 1.37 bits per heavy atom. The van der Waals surface area contributed by atoms with Crippen LogP contribution in [-0.4, -0.2) is 37.3 Å². The van der Waals surface area contributed by atoms with Gasteiger partial charge in [0.15, 0.2) is 5.03 Å². The molecule has 0 spiro atoms.